The van der Waals surface area contributed by atoms with Crippen molar-refractivity contribution in [2.45, 2.75) is 38.0 Å². The van der Waals surface area contributed by atoms with Crippen LogP contribution in [0.4, 0.5) is 0 Å². The van der Waals surface area contributed by atoms with E-state index < -0.39 is 0 Å². The molecule has 1 aliphatic heterocycles. The lowest BCUT2D eigenvalue weighted by molar-refractivity contribution is 0.220. The lowest BCUT2D eigenvalue weighted by atomic mass is 9.80. The summed E-state index contributed by atoms with van der Waals surface area (Å²) in [5.74, 6) is 1.47. The highest BCUT2D eigenvalue weighted by Gasteiger charge is 2.30. The first-order valence-corrected chi connectivity index (χ1v) is 9.61. The Morgan fingerprint density at radius 1 is 1.23 bits per heavy atom. The van der Waals surface area contributed by atoms with Crippen LogP contribution in [0.5, 0.6) is 0 Å². The molecule has 0 amide bonds. The maximum absolute atomic E-state index is 9.08. The van der Waals surface area contributed by atoms with Gasteiger partial charge in [-0.2, -0.15) is 5.26 Å². The molecule has 0 radical (unpaired) electrons. The molecule has 1 unspecified atom stereocenters. The fraction of sp³-hybridized carbons (Fsp3) is 0.579. The number of H-pyrrole nitrogens is 1. The summed E-state index contributed by atoms with van der Waals surface area (Å²) in [6, 6.07) is 4.48. The van der Waals surface area contributed by atoms with Gasteiger partial charge in [0.1, 0.15) is 17.5 Å². The van der Waals surface area contributed by atoms with Crippen molar-refractivity contribution < 1.29 is 0 Å². The number of aromatic nitrogens is 5. The van der Waals surface area contributed by atoms with Gasteiger partial charge in [-0.15, -0.1) is 5.10 Å². The molecule has 1 aliphatic carbocycles. The number of hydrogen-bond acceptors (Lipinski definition) is 5. The molecule has 0 aromatic carbocycles. The summed E-state index contributed by atoms with van der Waals surface area (Å²) in [6.45, 7) is 3.20. The normalized spacial score (nSPS) is 27.3. The minimum atomic E-state index is 0.242. The van der Waals surface area contributed by atoms with Crippen molar-refractivity contribution in [1.29, 1.82) is 5.26 Å². The van der Waals surface area contributed by atoms with E-state index in [4.69, 9.17) is 5.26 Å². The molecule has 3 aromatic heterocycles. The van der Waals surface area contributed by atoms with Crippen molar-refractivity contribution in [1.82, 2.24) is 29.7 Å². The van der Waals surface area contributed by atoms with Crippen LogP contribution in [0.2, 0.25) is 0 Å². The predicted octanol–water partition coefficient (Wildman–Crippen LogP) is 2.72. The molecule has 26 heavy (non-hydrogen) atoms. The van der Waals surface area contributed by atoms with Crippen LogP contribution in [-0.2, 0) is 0 Å². The average Bonchev–Trinajstić information content (AvgIpc) is 3.40. The Hall–Kier alpha value is -2.46. The smallest absolute Gasteiger partial charge is 0.141 e. The van der Waals surface area contributed by atoms with E-state index in [0.717, 1.165) is 54.2 Å². The van der Waals surface area contributed by atoms with Crippen molar-refractivity contribution in [2.75, 3.05) is 19.6 Å². The molecular weight excluding hydrogens is 326 g/mol. The van der Waals surface area contributed by atoms with Crippen LogP contribution in [0.25, 0.3) is 16.6 Å². The highest BCUT2D eigenvalue weighted by Crippen LogP contribution is 2.38. The molecule has 3 aromatic rings. The summed E-state index contributed by atoms with van der Waals surface area (Å²) >= 11 is 0. The SMILES string of the molecule is N#CC1CCN(C[C@H]2CC[C@H](c3nnn4cnc5[nH]ccc5c34)CC2)C1. The molecule has 1 N–H and O–H groups in total. The van der Waals surface area contributed by atoms with E-state index in [1.165, 1.54) is 25.7 Å². The van der Waals surface area contributed by atoms with Crippen molar-refractivity contribution in [3.8, 4) is 6.07 Å². The molecule has 134 valence electrons. The molecule has 0 bridgehead atoms. The Bertz CT molecular complexity index is 957. The van der Waals surface area contributed by atoms with Gasteiger partial charge < -0.3 is 9.88 Å². The highest BCUT2D eigenvalue weighted by atomic mass is 15.4. The van der Waals surface area contributed by atoms with Gasteiger partial charge in [0.25, 0.3) is 0 Å². The second-order valence-corrected chi connectivity index (χ2v) is 7.84. The fourth-order valence-electron chi connectivity index (χ4n) is 4.78. The highest BCUT2D eigenvalue weighted by molar-refractivity contribution is 5.92. The first-order valence-electron chi connectivity index (χ1n) is 9.61. The summed E-state index contributed by atoms with van der Waals surface area (Å²) < 4.78 is 1.81. The van der Waals surface area contributed by atoms with Gasteiger partial charge in [0.2, 0.25) is 0 Å². The molecule has 5 rings (SSSR count). The van der Waals surface area contributed by atoms with Crippen molar-refractivity contribution in [2.24, 2.45) is 11.8 Å². The van der Waals surface area contributed by atoms with Gasteiger partial charge in [-0.1, -0.05) is 5.21 Å². The van der Waals surface area contributed by atoms with Gasteiger partial charge in [-0.3, -0.25) is 0 Å². The van der Waals surface area contributed by atoms with E-state index >= 15 is 0 Å². The minimum Gasteiger partial charge on any atom is -0.346 e. The number of nitrogens with zero attached hydrogens (tertiary/aromatic N) is 6. The summed E-state index contributed by atoms with van der Waals surface area (Å²) in [5.41, 5.74) is 3.13. The van der Waals surface area contributed by atoms with Crippen LogP contribution in [-0.4, -0.2) is 49.3 Å². The molecule has 1 saturated heterocycles. The van der Waals surface area contributed by atoms with Crippen LogP contribution in [0.3, 0.4) is 0 Å². The van der Waals surface area contributed by atoms with Gasteiger partial charge in [-0.05, 0) is 50.6 Å². The Morgan fingerprint density at radius 3 is 2.92 bits per heavy atom. The van der Waals surface area contributed by atoms with E-state index in [1.807, 2.05) is 10.7 Å². The Morgan fingerprint density at radius 2 is 2.12 bits per heavy atom. The number of hydrogen-bond donors (Lipinski definition) is 1. The monoisotopic (exact) mass is 349 g/mol. The van der Waals surface area contributed by atoms with Crippen molar-refractivity contribution in [3.63, 3.8) is 0 Å². The zero-order valence-corrected chi connectivity index (χ0v) is 14.8. The predicted molar refractivity (Wildman–Crippen MR) is 97.5 cm³/mol. The van der Waals surface area contributed by atoms with Gasteiger partial charge in [0, 0.05) is 30.6 Å². The summed E-state index contributed by atoms with van der Waals surface area (Å²) in [6.07, 6.45) is 9.52. The zero-order valence-electron chi connectivity index (χ0n) is 14.8. The van der Waals surface area contributed by atoms with Crippen LogP contribution < -0.4 is 0 Å². The number of aromatic amines is 1. The number of nitriles is 1. The maximum Gasteiger partial charge on any atom is 0.141 e. The standard InChI is InChI=1S/C19H23N7/c20-9-14-6-8-25(11-14)10-13-1-3-15(4-2-13)17-18-16-5-7-21-19(16)22-12-26(18)24-23-17/h5,7,12-15,21H,1-4,6,8,10-11H2/t13-,14?,15-. The number of fused-ring (bicyclic) bond motifs is 3. The van der Waals surface area contributed by atoms with Crippen molar-refractivity contribution in [3.05, 3.63) is 24.3 Å². The largest absolute Gasteiger partial charge is 0.346 e. The van der Waals surface area contributed by atoms with E-state index in [9.17, 15) is 0 Å². The summed E-state index contributed by atoms with van der Waals surface area (Å²) in [7, 11) is 0. The van der Waals surface area contributed by atoms with E-state index in [1.54, 1.807) is 6.33 Å². The third kappa shape index (κ3) is 2.65. The van der Waals surface area contributed by atoms with Gasteiger partial charge in [-0.25, -0.2) is 9.50 Å². The molecule has 7 nitrogen and oxygen atoms in total. The molecule has 7 heteroatoms. The quantitative estimate of drug-likeness (QED) is 0.786. The molecular formula is C19H23N7. The second-order valence-electron chi connectivity index (χ2n) is 7.84. The Kier molecular flexibility index (Phi) is 3.86. The minimum absolute atomic E-state index is 0.242. The summed E-state index contributed by atoms with van der Waals surface area (Å²) in [4.78, 5) is 10.1. The maximum atomic E-state index is 9.08. The number of likely N-dealkylation sites (tertiary alicyclic amines) is 1. The van der Waals surface area contributed by atoms with Gasteiger partial charge in [0.05, 0.1) is 17.7 Å². The molecule has 2 aliphatic rings. The van der Waals surface area contributed by atoms with Crippen LogP contribution in [0.15, 0.2) is 18.6 Å². The Labute approximate surface area is 152 Å². The molecule has 4 heterocycles. The zero-order chi connectivity index (χ0) is 17.5. The lowest BCUT2D eigenvalue weighted by Gasteiger charge is -2.30. The van der Waals surface area contributed by atoms with Crippen LogP contribution in [0.1, 0.15) is 43.7 Å². The number of nitrogens with one attached hydrogen (secondary N) is 1. The Balaban J connectivity index is 1.29. The molecule has 0 spiro atoms. The van der Waals surface area contributed by atoms with E-state index in [2.05, 4.69) is 37.3 Å². The first kappa shape index (κ1) is 15.8. The van der Waals surface area contributed by atoms with Crippen molar-refractivity contribution >= 4 is 16.6 Å². The van der Waals surface area contributed by atoms with Gasteiger partial charge in [0.15, 0.2) is 0 Å². The second kappa shape index (κ2) is 6.36. The first-order chi connectivity index (χ1) is 12.8. The topological polar surface area (TPSA) is 85.9 Å². The van der Waals surface area contributed by atoms with Gasteiger partial charge >= 0.3 is 0 Å². The van der Waals surface area contributed by atoms with Crippen LogP contribution >= 0.6 is 0 Å². The fourth-order valence-corrected chi connectivity index (χ4v) is 4.78. The molecule has 1 saturated carbocycles. The number of rotatable bonds is 3. The third-order valence-corrected chi connectivity index (χ3v) is 6.20. The molecule has 1 atom stereocenters. The third-order valence-electron chi connectivity index (χ3n) is 6.20. The van der Waals surface area contributed by atoms with E-state index in [0.29, 0.717) is 5.92 Å². The van der Waals surface area contributed by atoms with E-state index in [-0.39, 0.29) is 5.92 Å². The average molecular weight is 349 g/mol. The molecule has 2 fully saturated rings. The van der Waals surface area contributed by atoms with Crippen LogP contribution in [0, 0.1) is 23.2 Å². The lowest BCUT2D eigenvalue weighted by Crippen LogP contribution is -2.29. The summed E-state index contributed by atoms with van der Waals surface area (Å²) in [5, 5.41) is 19.0.